The number of nitrogens with one attached hydrogen (secondary N) is 1. The van der Waals surface area contributed by atoms with Crippen LogP contribution in [0.15, 0.2) is 18.2 Å². The van der Waals surface area contributed by atoms with E-state index in [1.807, 2.05) is 6.92 Å². The molecule has 0 amide bonds. The minimum absolute atomic E-state index is 0.0722. The Balaban J connectivity index is 2.78. The number of phenols is 2. The smallest absolute Gasteiger partial charge is 0.124 e. The number of hydrogen-bond acceptors (Lipinski definition) is 3. The lowest BCUT2D eigenvalue weighted by Crippen LogP contribution is -2.35. The Hall–Kier alpha value is -1.22. The molecule has 3 nitrogen and oxygen atoms in total. The SMILES string of the molecule is CCC(NC(C)c1ccc(O)cc1O)C(C)C. The first kappa shape index (κ1) is 13.8. The summed E-state index contributed by atoms with van der Waals surface area (Å²) in [4.78, 5) is 0. The maximum Gasteiger partial charge on any atom is 0.124 e. The summed E-state index contributed by atoms with van der Waals surface area (Å²) in [5.74, 6) is 0.791. The average Bonchev–Trinajstić information content (AvgIpc) is 2.24. The first-order valence-corrected chi connectivity index (χ1v) is 6.23. The van der Waals surface area contributed by atoms with Crippen molar-refractivity contribution < 1.29 is 10.2 Å². The van der Waals surface area contributed by atoms with Gasteiger partial charge in [-0.25, -0.2) is 0 Å². The summed E-state index contributed by atoms with van der Waals surface area (Å²) in [6, 6.07) is 5.24. The molecule has 3 N–H and O–H groups in total. The predicted octanol–water partition coefficient (Wildman–Crippen LogP) is 3.18. The summed E-state index contributed by atoms with van der Waals surface area (Å²) < 4.78 is 0. The average molecular weight is 237 g/mol. The van der Waals surface area contributed by atoms with E-state index < -0.39 is 0 Å². The monoisotopic (exact) mass is 237 g/mol. The van der Waals surface area contributed by atoms with E-state index in [4.69, 9.17) is 0 Å². The maximum atomic E-state index is 9.79. The molecule has 0 saturated carbocycles. The lowest BCUT2D eigenvalue weighted by molar-refractivity contribution is 0.349. The van der Waals surface area contributed by atoms with E-state index in [1.54, 1.807) is 12.1 Å². The molecule has 1 rings (SSSR count). The zero-order valence-electron chi connectivity index (χ0n) is 11.1. The molecule has 0 spiro atoms. The molecule has 0 heterocycles. The van der Waals surface area contributed by atoms with Crippen LogP contribution in [-0.2, 0) is 0 Å². The number of benzene rings is 1. The second kappa shape index (κ2) is 5.92. The van der Waals surface area contributed by atoms with Crippen LogP contribution in [-0.4, -0.2) is 16.3 Å². The van der Waals surface area contributed by atoms with Crippen molar-refractivity contribution >= 4 is 0 Å². The Morgan fingerprint density at radius 3 is 2.29 bits per heavy atom. The summed E-state index contributed by atoms with van der Waals surface area (Å²) in [7, 11) is 0. The zero-order chi connectivity index (χ0) is 13.0. The van der Waals surface area contributed by atoms with Gasteiger partial charge in [0, 0.05) is 23.7 Å². The highest BCUT2D eigenvalue weighted by Crippen LogP contribution is 2.28. The van der Waals surface area contributed by atoms with E-state index in [2.05, 4.69) is 26.1 Å². The van der Waals surface area contributed by atoms with E-state index in [1.165, 1.54) is 6.07 Å². The van der Waals surface area contributed by atoms with Crippen LogP contribution in [0.3, 0.4) is 0 Å². The number of phenolic OH excluding ortho intramolecular Hbond substituents is 2. The molecule has 0 saturated heterocycles. The minimum atomic E-state index is 0.0722. The van der Waals surface area contributed by atoms with Crippen molar-refractivity contribution in [2.75, 3.05) is 0 Å². The van der Waals surface area contributed by atoms with Gasteiger partial charge in [-0.2, -0.15) is 0 Å². The van der Waals surface area contributed by atoms with Crippen molar-refractivity contribution in [2.45, 2.75) is 46.2 Å². The Bertz CT molecular complexity index is 363. The highest BCUT2D eigenvalue weighted by molar-refractivity contribution is 5.40. The first-order valence-electron chi connectivity index (χ1n) is 6.23. The molecule has 0 fully saturated rings. The first-order chi connectivity index (χ1) is 7.95. The van der Waals surface area contributed by atoms with Crippen LogP contribution in [0.2, 0.25) is 0 Å². The molecule has 2 unspecified atom stereocenters. The van der Waals surface area contributed by atoms with Crippen LogP contribution in [0.1, 0.15) is 45.7 Å². The molecule has 1 aromatic carbocycles. The number of aromatic hydroxyl groups is 2. The fraction of sp³-hybridized carbons (Fsp3) is 0.571. The molecular weight excluding hydrogens is 214 g/mol. The van der Waals surface area contributed by atoms with E-state index in [9.17, 15) is 10.2 Å². The Kier molecular flexibility index (Phi) is 4.82. The van der Waals surface area contributed by atoms with Gasteiger partial charge in [0.05, 0.1) is 0 Å². The molecule has 17 heavy (non-hydrogen) atoms. The molecule has 3 heteroatoms. The fourth-order valence-electron chi connectivity index (χ4n) is 2.09. The summed E-state index contributed by atoms with van der Waals surface area (Å²) in [5.41, 5.74) is 0.821. The minimum Gasteiger partial charge on any atom is -0.508 e. The molecule has 0 aliphatic rings. The van der Waals surface area contributed by atoms with Gasteiger partial charge in [-0.05, 0) is 25.3 Å². The predicted molar refractivity (Wildman–Crippen MR) is 70.2 cm³/mol. The number of rotatable bonds is 5. The van der Waals surface area contributed by atoms with Gasteiger partial charge in [0.2, 0.25) is 0 Å². The highest BCUT2D eigenvalue weighted by Gasteiger charge is 2.17. The van der Waals surface area contributed by atoms with Gasteiger partial charge in [0.15, 0.2) is 0 Å². The van der Waals surface area contributed by atoms with Crippen LogP contribution in [0.5, 0.6) is 11.5 Å². The van der Waals surface area contributed by atoms with Crippen LogP contribution in [0.4, 0.5) is 0 Å². The molecule has 1 aromatic rings. The van der Waals surface area contributed by atoms with Crippen molar-refractivity contribution in [3.05, 3.63) is 23.8 Å². The molecular formula is C14H23NO2. The summed E-state index contributed by atoms with van der Waals surface area (Å²) in [5, 5.41) is 22.5. The molecule has 0 aromatic heterocycles. The van der Waals surface area contributed by atoms with Crippen LogP contribution in [0, 0.1) is 5.92 Å². The van der Waals surface area contributed by atoms with Crippen LogP contribution in [0.25, 0.3) is 0 Å². The van der Waals surface area contributed by atoms with Crippen LogP contribution < -0.4 is 5.32 Å². The highest BCUT2D eigenvalue weighted by atomic mass is 16.3. The van der Waals surface area contributed by atoms with E-state index in [0.717, 1.165) is 12.0 Å². The molecule has 2 atom stereocenters. The Morgan fingerprint density at radius 2 is 1.82 bits per heavy atom. The van der Waals surface area contributed by atoms with Gasteiger partial charge >= 0.3 is 0 Å². The Labute approximate surface area is 103 Å². The lowest BCUT2D eigenvalue weighted by atomic mass is 9.98. The molecule has 96 valence electrons. The van der Waals surface area contributed by atoms with Crippen molar-refractivity contribution in [3.8, 4) is 11.5 Å². The third-order valence-corrected chi connectivity index (χ3v) is 3.19. The molecule has 0 aliphatic heterocycles. The van der Waals surface area contributed by atoms with Crippen molar-refractivity contribution in [2.24, 2.45) is 5.92 Å². The Morgan fingerprint density at radius 1 is 1.18 bits per heavy atom. The standard InChI is InChI=1S/C14H23NO2/c1-5-13(9(2)3)15-10(4)12-7-6-11(16)8-14(12)17/h6-10,13,15-17H,5H2,1-4H3. The van der Waals surface area contributed by atoms with Gasteiger partial charge in [-0.1, -0.05) is 26.8 Å². The van der Waals surface area contributed by atoms with Gasteiger partial charge < -0.3 is 15.5 Å². The van der Waals surface area contributed by atoms with E-state index in [0.29, 0.717) is 12.0 Å². The zero-order valence-corrected chi connectivity index (χ0v) is 11.1. The van der Waals surface area contributed by atoms with Crippen molar-refractivity contribution in [1.29, 1.82) is 0 Å². The molecule has 0 aliphatic carbocycles. The third-order valence-electron chi connectivity index (χ3n) is 3.19. The molecule has 0 radical (unpaired) electrons. The lowest BCUT2D eigenvalue weighted by Gasteiger charge is -2.26. The van der Waals surface area contributed by atoms with E-state index in [-0.39, 0.29) is 17.5 Å². The second-order valence-electron chi connectivity index (χ2n) is 4.89. The molecule has 0 bridgehead atoms. The normalized spacial score (nSPS) is 14.9. The fourth-order valence-corrected chi connectivity index (χ4v) is 2.09. The van der Waals surface area contributed by atoms with Gasteiger partial charge in [0.1, 0.15) is 11.5 Å². The largest absolute Gasteiger partial charge is 0.508 e. The third kappa shape index (κ3) is 3.63. The quantitative estimate of drug-likeness (QED) is 0.737. The van der Waals surface area contributed by atoms with Gasteiger partial charge in [0.25, 0.3) is 0 Å². The van der Waals surface area contributed by atoms with Gasteiger partial charge in [-0.15, -0.1) is 0 Å². The summed E-state index contributed by atoms with van der Waals surface area (Å²) in [6.07, 6.45) is 1.06. The van der Waals surface area contributed by atoms with Crippen LogP contribution >= 0.6 is 0 Å². The second-order valence-corrected chi connectivity index (χ2v) is 4.89. The topological polar surface area (TPSA) is 52.5 Å². The summed E-state index contributed by atoms with van der Waals surface area (Å²) in [6.45, 7) is 8.55. The maximum absolute atomic E-state index is 9.79. The van der Waals surface area contributed by atoms with Crippen molar-refractivity contribution in [1.82, 2.24) is 5.32 Å². The van der Waals surface area contributed by atoms with Gasteiger partial charge in [-0.3, -0.25) is 0 Å². The summed E-state index contributed by atoms with van der Waals surface area (Å²) >= 11 is 0. The van der Waals surface area contributed by atoms with E-state index >= 15 is 0 Å². The van der Waals surface area contributed by atoms with Crippen molar-refractivity contribution in [3.63, 3.8) is 0 Å². The number of hydrogen-bond donors (Lipinski definition) is 3.